The van der Waals surface area contributed by atoms with Crippen molar-refractivity contribution in [3.8, 4) is 11.5 Å². The van der Waals surface area contributed by atoms with Crippen LogP contribution in [-0.2, 0) is 13.6 Å². The maximum absolute atomic E-state index is 12.1. The number of hydrogen-bond donors (Lipinski definition) is 2. The summed E-state index contributed by atoms with van der Waals surface area (Å²) in [5.74, 6) is -0.0447. The number of aromatic hydroxyl groups is 2. The van der Waals surface area contributed by atoms with Gasteiger partial charge in [0.2, 0.25) is 0 Å². The van der Waals surface area contributed by atoms with Crippen LogP contribution < -0.4 is 0 Å². The highest BCUT2D eigenvalue weighted by Gasteiger charge is 2.15. The van der Waals surface area contributed by atoms with Crippen LogP contribution in [0, 0.1) is 0 Å². The first-order chi connectivity index (χ1) is 8.99. The lowest BCUT2D eigenvalue weighted by Crippen LogP contribution is -2.27. The van der Waals surface area contributed by atoms with E-state index < -0.39 is 0 Å². The lowest BCUT2D eigenvalue weighted by Gasteiger charge is -2.17. The van der Waals surface area contributed by atoms with Crippen molar-refractivity contribution in [2.45, 2.75) is 6.54 Å². The maximum atomic E-state index is 12.1. The van der Waals surface area contributed by atoms with Gasteiger partial charge in [-0.1, -0.05) is 0 Å². The Balaban J connectivity index is 2.15. The molecule has 0 saturated carbocycles. The zero-order valence-electron chi connectivity index (χ0n) is 10.7. The molecule has 2 N–H and O–H groups in total. The summed E-state index contributed by atoms with van der Waals surface area (Å²) in [6, 6.07) is 4.00. The van der Waals surface area contributed by atoms with Gasteiger partial charge in [-0.3, -0.25) is 4.79 Å². The maximum Gasteiger partial charge on any atom is 0.254 e. The third-order valence-corrected chi connectivity index (χ3v) is 2.87. The molecule has 6 heteroatoms. The predicted octanol–water partition coefficient (Wildman–Crippen LogP) is 1.10. The SMILES string of the molecule is CN(Cc1nccn1C)C(=O)c1ccc(O)c(O)c1. The van der Waals surface area contributed by atoms with E-state index in [0.29, 0.717) is 12.1 Å². The molecule has 19 heavy (non-hydrogen) atoms. The van der Waals surface area contributed by atoms with Crippen LogP contribution in [0.3, 0.4) is 0 Å². The van der Waals surface area contributed by atoms with Crippen molar-refractivity contribution in [3.05, 3.63) is 42.0 Å². The molecule has 1 aromatic heterocycles. The molecule has 0 aliphatic heterocycles. The van der Waals surface area contributed by atoms with E-state index in [-0.39, 0.29) is 17.4 Å². The average Bonchev–Trinajstić information content (AvgIpc) is 2.77. The van der Waals surface area contributed by atoms with E-state index in [0.717, 1.165) is 5.82 Å². The van der Waals surface area contributed by atoms with Crippen LogP contribution in [0.15, 0.2) is 30.6 Å². The largest absolute Gasteiger partial charge is 0.504 e. The van der Waals surface area contributed by atoms with Crippen molar-refractivity contribution in [1.29, 1.82) is 0 Å². The van der Waals surface area contributed by atoms with Gasteiger partial charge in [-0.05, 0) is 18.2 Å². The number of carbonyl (C=O) groups excluding carboxylic acids is 1. The Morgan fingerprint density at radius 3 is 2.68 bits per heavy atom. The number of benzene rings is 1. The molecule has 0 aliphatic carbocycles. The first-order valence-corrected chi connectivity index (χ1v) is 5.72. The predicted molar refractivity (Wildman–Crippen MR) is 68.8 cm³/mol. The van der Waals surface area contributed by atoms with Gasteiger partial charge >= 0.3 is 0 Å². The summed E-state index contributed by atoms with van der Waals surface area (Å²) in [5, 5.41) is 18.6. The van der Waals surface area contributed by atoms with Crippen molar-refractivity contribution >= 4 is 5.91 Å². The van der Waals surface area contributed by atoms with Gasteiger partial charge < -0.3 is 19.7 Å². The quantitative estimate of drug-likeness (QED) is 0.811. The van der Waals surface area contributed by atoms with Gasteiger partial charge in [-0.15, -0.1) is 0 Å². The monoisotopic (exact) mass is 261 g/mol. The molecule has 1 heterocycles. The second-order valence-corrected chi connectivity index (χ2v) is 4.32. The summed E-state index contributed by atoms with van der Waals surface area (Å²) in [6.07, 6.45) is 3.47. The number of nitrogens with zero attached hydrogens (tertiary/aromatic N) is 3. The van der Waals surface area contributed by atoms with Gasteiger partial charge in [0.15, 0.2) is 11.5 Å². The van der Waals surface area contributed by atoms with Gasteiger partial charge in [0.05, 0.1) is 6.54 Å². The second-order valence-electron chi connectivity index (χ2n) is 4.32. The number of rotatable bonds is 3. The summed E-state index contributed by atoms with van der Waals surface area (Å²) < 4.78 is 1.83. The van der Waals surface area contributed by atoms with Crippen LogP contribution >= 0.6 is 0 Å². The van der Waals surface area contributed by atoms with E-state index in [1.54, 1.807) is 19.4 Å². The number of imidazole rings is 1. The van der Waals surface area contributed by atoms with E-state index in [1.807, 2.05) is 11.6 Å². The minimum Gasteiger partial charge on any atom is -0.504 e. The summed E-state index contributed by atoms with van der Waals surface area (Å²) in [4.78, 5) is 17.8. The molecule has 0 unspecified atom stereocenters. The number of hydrogen-bond acceptors (Lipinski definition) is 4. The molecule has 0 aliphatic rings. The van der Waals surface area contributed by atoms with Crippen LogP contribution in [0.5, 0.6) is 11.5 Å². The minimum atomic E-state index is -0.309. The standard InChI is InChI=1S/C13H15N3O3/c1-15-6-5-14-12(15)8-16(2)13(19)9-3-4-10(17)11(18)7-9/h3-7,17-18H,8H2,1-2H3. The first kappa shape index (κ1) is 12.9. The minimum absolute atomic E-state index is 0.247. The van der Waals surface area contributed by atoms with E-state index >= 15 is 0 Å². The van der Waals surface area contributed by atoms with E-state index in [4.69, 9.17) is 0 Å². The zero-order chi connectivity index (χ0) is 14.0. The van der Waals surface area contributed by atoms with Crippen molar-refractivity contribution in [2.24, 2.45) is 7.05 Å². The average molecular weight is 261 g/mol. The highest BCUT2D eigenvalue weighted by atomic mass is 16.3. The van der Waals surface area contributed by atoms with Gasteiger partial charge in [0.25, 0.3) is 5.91 Å². The number of aromatic nitrogens is 2. The van der Waals surface area contributed by atoms with Crippen molar-refractivity contribution in [1.82, 2.24) is 14.5 Å². The highest BCUT2D eigenvalue weighted by molar-refractivity contribution is 5.94. The molecule has 6 nitrogen and oxygen atoms in total. The lowest BCUT2D eigenvalue weighted by molar-refractivity contribution is 0.0780. The summed E-state index contributed by atoms with van der Waals surface area (Å²) in [6.45, 7) is 0.365. The zero-order valence-corrected chi connectivity index (χ0v) is 10.7. The van der Waals surface area contributed by atoms with Gasteiger partial charge in [0.1, 0.15) is 5.82 Å². The Morgan fingerprint density at radius 2 is 2.11 bits per heavy atom. The Kier molecular flexibility index (Phi) is 3.41. The fraction of sp³-hybridized carbons (Fsp3) is 0.231. The second kappa shape index (κ2) is 5.01. The Morgan fingerprint density at radius 1 is 1.37 bits per heavy atom. The molecule has 1 amide bonds. The van der Waals surface area contributed by atoms with Crippen molar-refractivity contribution in [2.75, 3.05) is 7.05 Å². The fourth-order valence-electron chi connectivity index (χ4n) is 1.71. The third kappa shape index (κ3) is 2.67. The molecule has 0 radical (unpaired) electrons. The topological polar surface area (TPSA) is 78.6 Å². The third-order valence-electron chi connectivity index (χ3n) is 2.87. The van der Waals surface area contributed by atoms with Crippen molar-refractivity contribution in [3.63, 3.8) is 0 Å². The Labute approximate surface area is 110 Å². The summed E-state index contributed by atoms with van der Waals surface area (Å²) in [7, 11) is 3.51. The molecule has 2 rings (SSSR count). The molecular weight excluding hydrogens is 246 g/mol. The normalized spacial score (nSPS) is 10.4. The van der Waals surface area contributed by atoms with Gasteiger partial charge in [-0.25, -0.2) is 4.98 Å². The van der Waals surface area contributed by atoms with Crippen LogP contribution in [0.4, 0.5) is 0 Å². The fourth-order valence-corrected chi connectivity index (χ4v) is 1.71. The highest BCUT2D eigenvalue weighted by Crippen LogP contribution is 2.25. The molecule has 0 atom stereocenters. The number of phenols is 2. The summed E-state index contributed by atoms with van der Waals surface area (Å²) >= 11 is 0. The molecule has 0 fully saturated rings. The van der Waals surface area contributed by atoms with Crippen LogP contribution in [0.2, 0.25) is 0 Å². The van der Waals surface area contributed by atoms with Crippen LogP contribution in [-0.4, -0.2) is 37.6 Å². The molecule has 1 aromatic carbocycles. The Hall–Kier alpha value is -2.50. The van der Waals surface area contributed by atoms with Crippen LogP contribution in [0.25, 0.3) is 0 Å². The van der Waals surface area contributed by atoms with Gasteiger partial charge in [-0.2, -0.15) is 0 Å². The van der Waals surface area contributed by atoms with E-state index in [9.17, 15) is 15.0 Å². The summed E-state index contributed by atoms with van der Waals surface area (Å²) in [5.41, 5.74) is 0.312. The van der Waals surface area contributed by atoms with Crippen molar-refractivity contribution < 1.29 is 15.0 Å². The van der Waals surface area contributed by atoms with Crippen LogP contribution in [0.1, 0.15) is 16.2 Å². The molecular formula is C13H15N3O3. The Bertz CT molecular complexity index is 607. The smallest absolute Gasteiger partial charge is 0.254 e. The van der Waals surface area contributed by atoms with Gasteiger partial charge in [0, 0.05) is 32.1 Å². The first-order valence-electron chi connectivity index (χ1n) is 5.72. The van der Waals surface area contributed by atoms with E-state index in [1.165, 1.54) is 23.1 Å². The number of aryl methyl sites for hydroxylation is 1. The number of carbonyl (C=O) groups is 1. The molecule has 2 aromatic rings. The molecule has 0 bridgehead atoms. The number of phenolic OH excluding ortho intramolecular Hbond substituents is 2. The molecule has 100 valence electrons. The molecule has 0 spiro atoms. The molecule has 0 saturated heterocycles. The van der Waals surface area contributed by atoms with E-state index in [2.05, 4.69) is 4.98 Å². The number of amides is 1. The lowest BCUT2D eigenvalue weighted by atomic mass is 10.2.